The lowest BCUT2D eigenvalue weighted by atomic mass is 10.1. The van der Waals surface area contributed by atoms with Crippen LogP contribution in [0.15, 0.2) is 42.6 Å². The molecule has 0 bridgehead atoms. The fourth-order valence-corrected chi connectivity index (χ4v) is 4.83. The van der Waals surface area contributed by atoms with E-state index in [9.17, 15) is 14.4 Å². The van der Waals surface area contributed by atoms with Gasteiger partial charge in [0, 0.05) is 50.8 Å². The Kier molecular flexibility index (Phi) is 4.66. The number of anilines is 2. The SMILES string of the molecule is O=C(c1ccc2nc(N3C(=O)CCC3=O)sc2c1)N1CCN(c2ccccn2)CC1. The molecule has 2 aromatic heterocycles. The van der Waals surface area contributed by atoms with Crippen LogP contribution in [0.25, 0.3) is 10.2 Å². The van der Waals surface area contributed by atoms with Gasteiger partial charge in [-0.05, 0) is 30.3 Å². The van der Waals surface area contributed by atoms with Gasteiger partial charge in [-0.3, -0.25) is 14.4 Å². The van der Waals surface area contributed by atoms with Crippen LogP contribution in [-0.2, 0) is 9.59 Å². The Hall–Kier alpha value is -3.33. The van der Waals surface area contributed by atoms with Gasteiger partial charge in [-0.15, -0.1) is 0 Å². The molecule has 4 heterocycles. The number of pyridine rings is 1. The second-order valence-corrected chi connectivity index (χ2v) is 8.28. The average Bonchev–Trinajstić information content (AvgIpc) is 3.35. The lowest BCUT2D eigenvalue weighted by molar-refractivity contribution is -0.121. The Balaban J connectivity index is 1.32. The molecule has 1 aromatic carbocycles. The van der Waals surface area contributed by atoms with E-state index in [1.54, 1.807) is 24.4 Å². The molecule has 8 nitrogen and oxygen atoms in total. The van der Waals surface area contributed by atoms with E-state index < -0.39 is 0 Å². The molecular weight excluding hydrogens is 402 g/mol. The van der Waals surface area contributed by atoms with Crippen molar-refractivity contribution in [2.75, 3.05) is 36.0 Å². The molecule has 0 saturated carbocycles. The molecule has 0 radical (unpaired) electrons. The quantitative estimate of drug-likeness (QED) is 0.603. The molecule has 152 valence electrons. The van der Waals surface area contributed by atoms with Crippen molar-refractivity contribution in [3.05, 3.63) is 48.2 Å². The van der Waals surface area contributed by atoms with Gasteiger partial charge < -0.3 is 9.80 Å². The summed E-state index contributed by atoms with van der Waals surface area (Å²) in [5.74, 6) is 0.456. The number of piperazine rings is 1. The van der Waals surface area contributed by atoms with Crippen molar-refractivity contribution >= 4 is 50.2 Å². The van der Waals surface area contributed by atoms with Crippen molar-refractivity contribution in [1.29, 1.82) is 0 Å². The van der Waals surface area contributed by atoms with Crippen molar-refractivity contribution < 1.29 is 14.4 Å². The first-order chi connectivity index (χ1) is 14.6. The highest BCUT2D eigenvalue weighted by molar-refractivity contribution is 7.22. The standard InChI is InChI=1S/C21H19N5O3S/c27-18-6-7-19(28)26(18)21-23-15-5-4-14(13-16(15)30-21)20(29)25-11-9-24(10-12-25)17-3-1-2-8-22-17/h1-5,8,13H,6-7,9-12H2. The third-order valence-corrected chi connectivity index (χ3v) is 6.41. The minimum absolute atomic E-state index is 0.0270. The Morgan fingerprint density at radius 1 is 0.967 bits per heavy atom. The third kappa shape index (κ3) is 3.30. The molecule has 3 amide bonds. The maximum Gasteiger partial charge on any atom is 0.254 e. The van der Waals surface area contributed by atoms with Crippen LogP contribution in [0.1, 0.15) is 23.2 Å². The summed E-state index contributed by atoms with van der Waals surface area (Å²) < 4.78 is 0.787. The van der Waals surface area contributed by atoms with E-state index in [1.165, 1.54) is 11.3 Å². The number of fused-ring (bicyclic) bond motifs is 1. The van der Waals surface area contributed by atoms with Gasteiger partial charge in [0.1, 0.15) is 5.82 Å². The molecule has 0 aliphatic carbocycles. The number of rotatable bonds is 3. The first-order valence-electron chi connectivity index (χ1n) is 9.82. The molecule has 5 rings (SSSR count). The second kappa shape index (κ2) is 7.49. The summed E-state index contributed by atoms with van der Waals surface area (Å²) in [6.07, 6.45) is 2.22. The fraction of sp³-hybridized carbons (Fsp3) is 0.286. The van der Waals surface area contributed by atoms with Crippen molar-refractivity contribution in [3.8, 4) is 0 Å². The smallest absolute Gasteiger partial charge is 0.254 e. The van der Waals surface area contributed by atoms with E-state index in [2.05, 4.69) is 14.9 Å². The Morgan fingerprint density at radius 2 is 1.73 bits per heavy atom. The Bertz CT molecular complexity index is 1120. The van der Waals surface area contributed by atoms with Crippen LogP contribution in [0.4, 0.5) is 10.9 Å². The normalized spacial score (nSPS) is 17.3. The molecule has 30 heavy (non-hydrogen) atoms. The number of hydrogen-bond donors (Lipinski definition) is 0. The number of thiazole rings is 1. The minimum atomic E-state index is -0.221. The maximum absolute atomic E-state index is 13.0. The van der Waals surface area contributed by atoms with Crippen LogP contribution in [0.5, 0.6) is 0 Å². The van der Waals surface area contributed by atoms with E-state index in [0.717, 1.165) is 28.5 Å². The van der Waals surface area contributed by atoms with Crippen molar-refractivity contribution in [2.24, 2.45) is 0 Å². The molecule has 9 heteroatoms. The number of carbonyl (C=O) groups excluding carboxylic acids is 3. The minimum Gasteiger partial charge on any atom is -0.353 e. The number of nitrogens with zero attached hydrogens (tertiary/aromatic N) is 5. The zero-order chi connectivity index (χ0) is 20.7. The molecule has 3 aromatic rings. The van der Waals surface area contributed by atoms with E-state index >= 15 is 0 Å². The molecular formula is C21H19N5O3S. The zero-order valence-corrected chi connectivity index (χ0v) is 17.0. The summed E-state index contributed by atoms with van der Waals surface area (Å²) >= 11 is 1.26. The van der Waals surface area contributed by atoms with Crippen LogP contribution in [0, 0.1) is 0 Å². The van der Waals surface area contributed by atoms with E-state index in [0.29, 0.717) is 29.3 Å². The monoisotopic (exact) mass is 421 g/mol. The predicted octanol–water partition coefficient (Wildman–Crippen LogP) is 2.31. The molecule has 0 atom stereocenters. The molecule has 0 spiro atoms. The van der Waals surface area contributed by atoms with Gasteiger partial charge in [0.15, 0.2) is 5.13 Å². The summed E-state index contributed by atoms with van der Waals surface area (Å²) in [6, 6.07) is 11.2. The highest BCUT2D eigenvalue weighted by Crippen LogP contribution is 2.32. The summed E-state index contributed by atoms with van der Waals surface area (Å²) in [5.41, 5.74) is 1.27. The van der Waals surface area contributed by atoms with Crippen molar-refractivity contribution in [1.82, 2.24) is 14.9 Å². The Labute approximate surface area is 176 Å². The number of imide groups is 1. The molecule has 2 saturated heterocycles. The number of aromatic nitrogens is 2. The zero-order valence-electron chi connectivity index (χ0n) is 16.2. The summed E-state index contributed by atoms with van der Waals surface area (Å²) in [6.45, 7) is 2.71. The molecule has 0 unspecified atom stereocenters. The predicted molar refractivity (Wildman–Crippen MR) is 114 cm³/mol. The van der Waals surface area contributed by atoms with E-state index in [4.69, 9.17) is 0 Å². The third-order valence-electron chi connectivity index (χ3n) is 5.41. The van der Waals surface area contributed by atoms with Crippen molar-refractivity contribution in [3.63, 3.8) is 0 Å². The summed E-state index contributed by atoms with van der Waals surface area (Å²) in [4.78, 5) is 50.9. The second-order valence-electron chi connectivity index (χ2n) is 7.27. The molecule has 0 N–H and O–H groups in total. The largest absolute Gasteiger partial charge is 0.353 e. The van der Waals surface area contributed by atoms with Crippen LogP contribution in [0.3, 0.4) is 0 Å². The van der Waals surface area contributed by atoms with Gasteiger partial charge >= 0.3 is 0 Å². The fourth-order valence-electron chi connectivity index (χ4n) is 3.79. The highest BCUT2D eigenvalue weighted by Gasteiger charge is 2.32. The van der Waals surface area contributed by atoms with Gasteiger partial charge in [-0.1, -0.05) is 17.4 Å². The number of carbonyl (C=O) groups is 3. The summed E-state index contributed by atoms with van der Waals surface area (Å²) in [5, 5.41) is 0.381. The van der Waals surface area contributed by atoms with E-state index in [1.807, 2.05) is 23.1 Å². The number of benzene rings is 1. The van der Waals surface area contributed by atoms with Gasteiger partial charge in [0.05, 0.1) is 10.2 Å². The maximum atomic E-state index is 13.0. The first kappa shape index (κ1) is 18.7. The topological polar surface area (TPSA) is 86.7 Å². The molecule has 2 fully saturated rings. The van der Waals surface area contributed by atoms with Gasteiger partial charge in [-0.25, -0.2) is 14.9 Å². The average molecular weight is 421 g/mol. The molecule has 2 aliphatic heterocycles. The van der Waals surface area contributed by atoms with Crippen molar-refractivity contribution in [2.45, 2.75) is 12.8 Å². The lowest BCUT2D eigenvalue weighted by Crippen LogP contribution is -2.49. The Morgan fingerprint density at radius 3 is 2.43 bits per heavy atom. The first-order valence-corrected chi connectivity index (χ1v) is 10.6. The van der Waals surface area contributed by atoms with Crippen LogP contribution >= 0.6 is 11.3 Å². The van der Waals surface area contributed by atoms with Crippen LogP contribution < -0.4 is 9.80 Å². The van der Waals surface area contributed by atoms with E-state index in [-0.39, 0.29) is 30.6 Å². The molecule has 2 aliphatic rings. The number of hydrogen-bond acceptors (Lipinski definition) is 7. The highest BCUT2D eigenvalue weighted by atomic mass is 32.1. The van der Waals surface area contributed by atoms with Crippen LogP contribution in [0.2, 0.25) is 0 Å². The summed E-state index contributed by atoms with van der Waals surface area (Å²) in [7, 11) is 0. The number of amides is 3. The van der Waals surface area contributed by atoms with Gasteiger partial charge in [0.2, 0.25) is 11.8 Å². The van der Waals surface area contributed by atoms with Gasteiger partial charge in [0.25, 0.3) is 5.91 Å². The lowest BCUT2D eigenvalue weighted by Gasteiger charge is -2.35. The van der Waals surface area contributed by atoms with Gasteiger partial charge in [-0.2, -0.15) is 0 Å². The van der Waals surface area contributed by atoms with Crippen LogP contribution in [-0.4, -0.2) is 58.8 Å².